The smallest absolute Gasteiger partial charge is 0.0806 e. The molecule has 0 aliphatic heterocycles. The van der Waals surface area contributed by atoms with Gasteiger partial charge in [-0.05, 0) is 56.8 Å². The quantitative estimate of drug-likeness (QED) is 0.261. The first kappa shape index (κ1) is 18.1. The molecule has 142 valence electrons. The molecule has 1 heteroatoms. The van der Waals surface area contributed by atoms with E-state index in [0.717, 1.165) is 12.8 Å². The lowest BCUT2D eigenvalue weighted by Crippen LogP contribution is -2.45. The van der Waals surface area contributed by atoms with E-state index in [4.69, 9.17) is 0 Å². The lowest BCUT2D eigenvalue weighted by Gasteiger charge is -2.30. The molecule has 5 rings (SSSR count). The van der Waals surface area contributed by atoms with Crippen molar-refractivity contribution in [1.29, 1.82) is 0 Å². The zero-order valence-electron chi connectivity index (χ0n) is 17.2. The monoisotopic (exact) mass is 390 g/mol. The topological polar surface area (TPSA) is 0 Å². The summed E-state index contributed by atoms with van der Waals surface area (Å²) in [6.45, 7) is 5.10. The summed E-state index contributed by atoms with van der Waals surface area (Å²) in [5, 5.41) is 8.86. The van der Waals surface area contributed by atoms with Gasteiger partial charge in [0.1, 0.15) is 8.07 Å². The Morgan fingerprint density at radius 1 is 0.724 bits per heavy atom. The molecule has 0 fully saturated rings. The van der Waals surface area contributed by atoms with Crippen molar-refractivity contribution in [3.05, 3.63) is 113 Å². The number of benzene rings is 4. The molecule has 4 aromatic carbocycles. The van der Waals surface area contributed by atoms with Gasteiger partial charge in [-0.15, -0.1) is 0 Å². The summed E-state index contributed by atoms with van der Waals surface area (Å²) in [6, 6.07) is 31.1. The predicted molar refractivity (Wildman–Crippen MR) is 129 cm³/mol. The highest BCUT2D eigenvalue weighted by atomic mass is 28.3. The second-order valence-corrected chi connectivity index (χ2v) is 12.9. The van der Waals surface area contributed by atoms with Gasteiger partial charge >= 0.3 is 0 Å². The van der Waals surface area contributed by atoms with Gasteiger partial charge in [0, 0.05) is 0 Å². The molecule has 0 radical (unpaired) electrons. The fourth-order valence-corrected chi connectivity index (χ4v) is 8.73. The highest BCUT2D eigenvalue weighted by Crippen LogP contribution is 2.34. The average molecular weight is 391 g/mol. The molecule has 0 atom stereocenters. The van der Waals surface area contributed by atoms with Crippen LogP contribution in [0.5, 0.6) is 0 Å². The van der Waals surface area contributed by atoms with Gasteiger partial charge in [0.05, 0.1) is 0 Å². The Bertz CT molecular complexity index is 1210. The van der Waals surface area contributed by atoms with Gasteiger partial charge in [-0.3, -0.25) is 0 Å². The highest BCUT2D eigenvalue weighted by Gasteiger charge is 2.34. The highest BCUT2D eigenvalue weighted by molar-refractivity contribution is 6.98. The Labute approximate surface area is 174 Å². The Hall–Kier alpha value is -2.90. The molecular formula is C28H26Si. The largest absolute Gasteiger partial charge is 0.109 e. The summed E-state index contributed by atoms with van der Waals surface area (Å²) in [4.78, 5) is 0. The standard InChI is InChI=1S/C28H26Si/c1-29(2,27-18-10-15-24(27)19-21-11-4-3-5-12-21)28-25-16-8-6-13-22(25)20-23-14-7-9-17-26(23)28/h3-17,20H,18-19H2,1-2H3. The molecule has 0 heterocycles. The molecule has 29 heavy (non-hydrogen) atoms. The fourth-order valence-electron chi connectivity index (χ4n) is 5.03. The van der Waals surface area contributed by atoms with E-state index in [1.54, 1.807) is 10.4 Å². The third kappa shape index (κ3) is 3.16. The summed E-state index contributed by atoms with van der Waals surface area (Å²) in [6.07, 6.45) is 6.88. The zero-order valence-corrected chi connectivity index (χ0v) is 18.2. The summed E-state index contributed by atoms with van der Waals surface area (Å²) in [5.41, 5.74) is 2.93. The van der Waals surface area contributed by atoms with Crippen LogP contribution in [0.25, 0.3) is 21.5 Å². The van der Waals surface area contributed by atoms with Crippen LogP contribution >= 0.6 is 0 Å². The van der Waals surface area contributed by atoms with E-state index in [1.807, 2.05) is 0 Å². The molecular weight excluding hydrogens is 364 g/mol. The Kier molecular flexibility index (Phi) is 4.48. The van der Waals surface area contributed by atoms with Crippen molar-refractivity contribution in [1.82, 2.24) is 0 Å². The molecule has 0 aromatic heterocycles. The molecule has 0 N–H and O–H groups in total. The molecule has 0 amide bonds. The summed E-state index contributed by atoms with van der Waals surface area (Å²) in [7, 11) is -1.88. The van der Waals surface area contributed by atoms with Crippen molar-refractivity contribution in [2.45, 2.75) is 25.9 Å². The van der Waals surface area contributed by atoms with Crippen molar-refractivity contribution < 1.29 is 0 Å². The Morgan fingerprint density at radius 2 is 1.31 bits per heavy atom. The lowest BCUT2D eigenvalue weighted by molar-refractivity contribution is 1.18. The Morgan fingerprint density at radius 3 is 1.97 bits per heavy atom. The summed E-state index contributed by atoms with van der Waals surface area (Å²) in [5.74, 6) is 0. The maximum Gasteiger partial charge on any atom is 0.109 e. The van der Waals surface area contributed by atoms with Crippen LogP contribution in [0.4, 0.5) is 0 Å². The molecule has 0 bridgehead atoms. The van der Waals surface area contributed by atoms with Crippen LogP contribution in [-0.4, -0.2) is 8.07 Å². The van der Waals surface area contributed by atoms with E-state index >= 15 is 0 Å². The molecule has 1 aliphatic rings. The van der Waals surface area contributed by atoms with E-state index in [1.165, 1.54) is 32.7 Å². The maximum absolute atomic E-state index is 2.55. The van der Waals surface area contributed by atoms with Crippen LogP contribution in [0, 0.1) is 0 Å². The molecule has 0 spiro atoms. The minimum atomic E-state index is -1.88. The Balaban J connectivity index is 1.73. The zero-order chi connectivity index (χ0) is 19.8. The predicted octanol–water partition coefficient (Wildman–Crippen LogP) is 6.95. The van der Waals surface area contributed by atoms with Crippen molar-refractivity contribution in [2.75, 3.05) is 0 Å². The van der Waals surface area contributed by atoms with Crippen molar-refractivity contribution >= 4 is 34.8 Å². The second kappa shape index (κ2) is 7.17. The van der Waals surface area contributed by atoms with Crippen LogP contribution in [0.2, 0.25) is 13.1 Å². The van der Waals surface area contributed by atoms with E-state index < -0.39 is 8.07 Å². The molecule has 0 saturated carbocycles. The van der Waals surface area contributed by atoms with Gasteiger partial charge in [0.25, 0.3) is 0 Å². The van der Waals surface area contributed by atoms with Gasteiger partial charge in [0.2, 0.25) is 0 Å². The maximum atomic E-state index is 2.55. The van der Waals surface area contributed by atoms with E-state index in [9.17, 15) is 0 Å². The average Bonchev–Trinajstić information content (AvgIpc) is 3.21. The number of fused-ring (bicyclic) bond motifs is 2. The van der Waals surface area contributed by atoms with Gasteiger partial charge in [-0.1, -0.05) is 109 Å². The fraction of sp³-hybridized carbons (Fsp3) is 0.143. The van der Waals surface area contributed by atoms with Crippen molar-refractivity contribution in [2.24, 2.45) is 0 Å². The number of hydrogen-bond acceptors (Lipinski definition) is 0. The second-order valence-electron chi connectivity index (χ2n) is 8.59. The molecule has 4 aromatic rings. The normalized spacial score (nSPS) is 14.3. The van der Waals surface area contributed by atoms with Crippen LogP contribution in [0.1, 0.15) is 12.0 Å². The first-order valence-electron chi connectivity index (χ1n) is 10.5. The third-order valence-corrected chi connectivity index (χ3v) is 10.2. The number of rotatable bonds is 4. The minimum absolute atomic E-state index is 1.03. The third-order valence-electron chi connectivity index (χ3n) is 6.42. The van der Waals surface area contributed by atoms with Crippen LogP contribution in [0.15, 0.2) is 108 Å². The van der Waals surface area contributed by atoms with Gasteiger partial charge in [-0.2, -0.15) is 0 Å². The molecule has 0 nitrogen and oxygen atoms in total. The van der Waals surface area contributed by atoms with E-state index in [2.05, 4.69) is 110 Å². The summed E-state index contributed by atoms with van der Waals surface area (Å²) < 4.78 is 0. The van der Waals surface area contributed by atoms with Gasteiger partial charge < -0.3 is 0 Å². The van der Waals surface area contributed by atoms with Crippen molar-refractivity contribution in [3.63, 3.8) is 0 Å². The number of allylic oxidation sites excluding steroid dienone is 4. The van der Waals surface area contributed by atoms with Crippen LogP contribution in [0.3, 0.4) is 0 Å². The first-order chi connectivity index (χ1) is 14.1. The molecule has 0 saturated heterocycles. The molecule has 1 aliphatic carbocycles. The van der Waals surface area contributed by atoms with Crippen molar-refractivity contribution in [3.8, 4) is 0 Å². The van der Waals surface area contributed by atoms with Crippen LogP contribution < -0.4 is 5.19 Å². The van der Waals surface area contributed by atoms with Gasteiger partial charge in [0.15, 0.2) is 0 Å². The number of hydrogen-bond donors (Lipinski definition) is 0. The molecule has 0 unspecified atom stereocenters. The van der Waals surface area contributed by atoms with E-state index in [-0.39, 0.29) is 0 Å². The SMILES string of the molecule is C[Si](C)(C1=C(Cc2ccccc2)C=CC1)c1c2ccccc2cc2ccccc12. The van der Waals surface area contributed by atoms with Gasteiger partial charge in [-0.25, -0.2) is 0 Å². The first-order valence-corrected chi connectivity index (χ1v) is 13.5. The minimum Gasteiger partial charge on any atom is -0.0806 e. The van der Waals surface area contributed by atoms with Crippen LogP contribution in [-0.2, 0) is 6.42 Å². The lowest BCUT2D eigenvalue weighted by atomic mass is 10.0. The summed E-state index contributed by atoms with van der Waals surface area (Å²) >= 11 is 0. The van der Waals surface area contributed by atoms with E-state index in [0.29, 0.717) is 0 Å².